The minimum atomic E-state index is -0.168. The molecular formula is C12H15N3O. The number of nitrogens with one attached hydrogen (secondary N) is 1. The molecule has 4 nitrogen and oxygen atoms in total. The second kappa shape index (κ2) is 5.89. The van der Waals surface area contributed by atoms with E-state index in [1.165, 1.54) is 0 Å². The van der Waals surface area contributed by atoms with Gasteiger partial charge in [-0.15, -0.1) is 0 Å². The summed E-state index contributed by atoms with van der Waals surface area (Å²) in [6.07, 6.45) is 0. The molecular weight excluding hydrogens is 202 g/mol. The highest BCUT2D eigenvalue weighted by Gasteiger charge is 2.09. The number of benzene rings is 1. The summed E-state index contributed by atoms with van der Waals surface area (Å²) in [5.74, 6) is -0.217. The van der Waals surface area contributed by atoms with Gasteiger partial charge in [-0.3, -0.25) is 4.79 Å². The molecule has 3 N–H and O–H groups in total. The van der Waals surface area contributed by atoms with Crippen molar-refractivity contribution in [1.29, 1.82) is 5.26 Å². The molecule has 1 unspecified atom stereocenters. The first-order valence-corrected chi connectivity index (χ1v) is 5.14. The van der Waals surface area contributed by atoms with Gasteiger partial charge in [0.15, 0.2) is 0 Å². The predicted molar refractivity (Wildman–Crippen MR) is 61.2 cm³/mol. The van der Waals surface area contributed by atoms with Gasteiger partial charge in [0.05, 0.1) is 11.6 Å². The Kier molecular flexibility index (Phi) is 4.49. The highest BCUT2D eigenvalue weighted by molar-refractivity contribution is 5.78. The zero-order chi connectivity index (χ0) is 12.0. The SMILES string of the molecule is CC(CN)C(=O)NCc1ccc(C#N)cc1. The lowest BCUT2D eigenvalue weighted by Gasteiger charge is -2.09. The lowest BCUT2D eigenvalue weighted by atomic mass is 10.1. The number of nitriles is 1. The van der Waals surface area contributed by atoms with Gasteiger partial charge in [0.25, 0.3) is 0 Å². The van der Waals surface area contributed by atoms with E-state index in [1.807, 2.05) is 18.2 Å². The van der Waals surface area contributed by atoms with Crippen LogP contribution in [0.3, 0.4) is 0 Å². The van der Waals surface area contributed by atoms with Crippen molar-refractivity contribution in [3.63, 3.8) is 0 Å². The summed E-state index contributed by atoms with van der Waals surface area (Å²) < 4.78 is 0. The van der Waals surface area contributed by atoms with E-state index in [9.17, 15) is 4.79 Å². The van der Waals surface area contributed by atoms with E-state index in [1.54, 1.807) is 19.1 Å². The fourth-order valence-electron chi connectivity index (χ4n) is 1.17. The molecule has 0 aromatic heterocycles. The number of rotatable bonds is 4. The Morgan fingerprint density at radius 3 is 2.62 bits per heavy atom. The van der Waals surface area contributed by atoms with Crippen molar-refractivity contribution in [2.75, 3.05) is 6.54 Å². The fraction of sp³-hybridized carbons (Fsp3) is 0.333. The van der Waals surface area contributed by atoms with Crippen molar-refractivity contribution >= 4 is 5.91 Å². The molecule has 4 heteroatoms. The fourth-order valence-corrected chi connectivity index (χ4v) is 1.17. The van der Waals surface area contributed by atoms with Crippen LogP contribution in [0.2, 0.25) is 0 Å². The molecule has 0 radical (unpaired) electrons. The summed E-state index contributed by atoms with van der Waals surface area (Å²) >= 11 is 0. The summed E-state index contributed by atoms with van der Waals surface area (Å²) in [7, 11) is 0. The maximum atomic E-state index is 11.4. The van der Waals surface area contributed by atoms with Gasteiger partial charge in [-0.05, 0) is 17.7 Å². The highest BCUT2D eigenvalue weighted by atomic mass is 16.1. The number of carbonyl (C=O) groups is 1. The minimum Gasteiger partial charge on any atom is -0.352 e. The van der Waals surface area contributed by atoms with Crippen LogP contribution in [0, 0.1) is 17.2 Å². The van der Waals surface area contributed by atoms with Crippen molar-refractivity contribution in [1.82, 2.24) is 5.32 Å². The number of nitrogens with two attached hydrogens (primary N) is 1. The topological polar surface area (TPSA) is 78.9 Å². The monoisotopic (exact) mass is 217 g/mol. The van der Waals surface area contributed by atoms with Crippen molar-refractivity contribution < 1.29 is 4.79 Å². The van der Waals surface area contributed by atoms with E-state index in [2.05, 4.69) is 5.32 Å². The zero-order valence-corrected chi connectivity index (χ0v) is 9.23. The quantitative estimate of drug-likeness (QED) is 0.781. The highest BCUT2D eigenvalue weighted by Crippen LogP contribution is 2.03. The van der Waals surface area contributed by atoms with Crippen molar-refractivity contribution in [2.45, 2.75) is 13.5 Å². The molecule has 0 bridgehead atoms. The van der Waals surface area contributed by atoms with Crippen molar-refractivity contribution in [2.24, 2.45) is 11.7 Å². The predicted octanol–water partition coefficient (Wildman–Crippen LogP) is 0.769. The molecule has 0 aliphatic carbocycles. The minimum absolute atomic E-state index is 0.0492. The second-order valence-electron chi connectivity index (χ2n) is 3.66. The summed E-state index contributed by atoms with van der Waals surface area (Å²) in [6, 6.07) is 9.15. The first kappa shape index (κ1) is 12.2. The Bertz CT molecular complexity index is 392. The largest absolute Gasteiger partial charge is 0.352 e. The average molecular weight is 217 g/mol. The van der Waals surface area contributed by atoms with Gasteiger partial charge >= 0.3 is 0 Å². The molecule has 1 rings (SSSR count). The number of hydrogen-bond acceptors (Lipinski definition) is 3. The molecule has 1 aromatic carbocycles. The Morgan fingerprint density at radius 1 is 1.50 bits per heavy atom. The van der Waals surface area contributed by atoms with Gasteiger partial charge in [-0.1, -0.05) is 19.1 Å². The van der Waals surface area contributed by atoms with E-state index in [0.717, 1.165) is 5.56 Å². The number of carbonyl (C=O) groups excluding carboxylic acids is 1. The van der Waals surface area contributed by atoms with Crippen LogP contribution in [0.5, 0.6) is 0 Å². The molecule has 0 saturated carbocycles. The van der Waals surface area contributed by atoms with E-state index in [-0.39, 0.29) is 11.8 Å². The molecule has 1 atom stereocenters. The van der Waals surface area contributed by atoms with Crippen LogP contribution >= 0.6 is 0 Å². The van der Waals surface area contributed by atoms with Crippen LogP contribution in [0.15, 0.2) is 24.3 Å². The van der Waals surface area contributed by atoms with Crippen LogP contribution < -0.4 is 11.1 Å². The van der Waals surface area contributed by atoms with Gasteiger partial charge < -0.3 is 11.1 Å². The van der Waals surface area contributed by atoms with Crippen LogP contribution in [-0.2, 0) is 11.3 Å². The third kappa shape index (κ3) is 3.37. The maximum Gasteiger partial charge on any atom is 0.224 e. The normalized spacial score (nSPS) is 11.6. The van der Waals surface area contributed by atoms with Crippen molar-refractivity contribution in [3.8, 4) is 6.07 Å². The van der Waals surface area contributed by atoms with E-state index < -0.39 is 0 Å². The second-order valence-corrected chi connectivity index (χ2v) is 3.66. The number of hydrogen-bond donors (Lipinski definition) is 2. The van der Waals surface area contributed by atoms with Crippen LogP contribution in [0.25, 0.3) is 0 Å². The Labute approximate surface area is 95.1 Å². The average Bonchev–Trinajstić information content (AvgIpc) is 2.35. The van der Waals surface area contributed by atoms with Gasteiger partial charge in [0.2, 0.25) is 5.91 Å². The Hall–Kier alpha value is -1.86. The first-order valence-electron chi connectivity index (χ1n) is 5.14. The molecule has 16 heavy (non-hydrogen) atoms. The first-order chi connectivity index (χ1) is 7.67. The van der Waals surface area contributed by atoms with Gasteiger partial charge in [-0.2, -0.15) is 5.26 Å². The third-order valence-corrected chi connectivity index (χ3v) is 2.35. The van der Waals surface area contributed by atoms with Crippen molar-refractivity contribution in [3.05, 3.63) is 35.4 Å². The number of amides is 1. The lowest BCUT2D eigenvalue weighted by molar-refractivity contribution is -0.124. The number of nitrogens with zero attached hydrogens (tertiary/aromatic N) is 1. The molecule has 1 aromatic rings. The molecule has 0 heterocycles. The maximum absolute atomic E-state index is 11.4. The van der Waals surface area contributed by atoms with E-state index in [0.29, 0.717) is 18.7 Å². The van der Waals surface area contributed by atoms with Crippen LogP contribution in [-0.4, -0.2) is 12.5 Å². The summed E-state index contributed by atoms with van der Waals surface area (Å²) in [6.45, 7) is 2.60. The molecule has 0 saturated heterocycles. The van der Waals surface area contributed by atoms with Gasteiger partial charge in [0, 0.05) is 19.0 Å². The van der Waals surface area contributed by atoms with E-state index in [4.69, 9.17) is 11.0 Å². The third-order valence-electron chi connectivity index (χ3n) is 2.35. The Balaban J connectivity index is 2.49. The molecule has 0 fully saturated rings. The molecule has 84 valence electrons. The summed E-state index contributed by atoms with van der Waals surface area (Å²) in [4.78, 5) is 11.4. The van der Waals surface area contributed by atoms with Gasteiger partial charge in [-0.25, -0.2) is 0 Å². The van der Waals surface area contributed by atoms with Crippen LogP contribution in [0.1, 0.15) is 18.1 Å². The van der Waals surface area contributed by atoms with E-state index >= 15 is 0 Å². The molecule has 0 spiro atoms. The Morgan fingerprint density at radius 2 is 2.12 bits per heavy atom. The van der Waals surface area contributed by atoms with Gasteiger partial charge in [0.1, 0.15) is 0 Å². The zero-order valence-electron chi connectivity index (χ0n) is 9.23. The standard InChI is InChI=1S/C12H15N3O/c1-9(6-13)12(16)15-8-11-4-2-10(7-14)3-5-11/h2-5,9H,6,8,13H2,1H3,(H,15,16). The summed E-state index contributed by atoms with van der Waals surface area (Å²) in [5, 5.41) is 11.4. The molecule has 0 aliphatic rings. The molecule has 1 amide bonds. The van der Waals surface area contributed by atoms with Crippen LogP contribution in [0.4, 0.5) is 0 Å². The smallest absolute Gasteiger partial charge is 0.224 e. The lowest BCUT2D eigenvalue weighted by Crippen LogP contribution is -2.32. The molecule has 0 aliphatic heterocycles. The summed E-state index contributed by atoms with van der Waals surface area (Å²) in [5.41, 5.74) is 6.97.